The Kier molecular flexibility index (Phi) is 7.17. The number of rotatable bonds is 7. The quantitative estimate of drug-likeness (QED) is 0.678. The molecule has 1 aromatic carbocycles. The predicted octanol–water partition coefficient (Wildman–Crippen LogP) is 3.87. The molecule has 31 heavy (non-hydrogen) atoms. The number of carbonyl (C=O) groups excluding carboxylic acids is 1. The van der Waals surface area contributed by atoms with Crippen molar-refractivity contribution in [3.63, 3.8) is 0 Å². The summed E-state index contributed by atoms with van der Waals surface area (Å²) >= 11 is 0. The zero-order chi connectivity index (χ0) is 21.6. The van der Waals surface area contributed by atoms with Gasteiger partial charge >= 0.3 is 0 Å². The number of ether oxygens (including phenoxy) is 1. The van der Waals surface area contributed by atoms with E-state index in [2.05, 4.69) is 42.2 Å². The molecule has 0 saturated carbocycles. The monoisotopic (exact) mass is 422 g/mol. The normalized spacial score (nSPS) is 18.7. The lowest BCUT2D eigenvalue weighted by Crippen LogP contribution is -2.40. The zero-order valence-corrected chi connectivity index (χ0v) is 18.8. The van der Waals surface area contributed by atoms with Gasteiger partial charge in [0.25, 0.3) is 0 Å². The largest absolute Gasteiger partial charge is 0.384 e. The third-order valence-corrected chi connectivity index (χ3v) is 6.52. The zero-order valence-electron chi connectivity index (χ0n) is 18.8. The Labute approximate surface area is 185 Å². The summed E-state index contributed by atoms with van der Waals surface area (Å²) in [5.41, 5.74) is 3.69. The molecule has 1 saturated heterocycles. The first-order valence-electron chi connectivity index (χ1n) is 11.6. The molecule has 1 atom stereocenters. The number of nitrogens with zero attached hydrogens (tertiary/aromatic N) is 4. The summed E-state index contributed by atoms with van der Waals surface area (Å²) in [7, 11) is 1.64. The highest BCUT2D eigenvalue weighted by Crippen LogP contribution is 2.34. The number of piperidine rings is 1. The molecule has 2 aromatic rings. The van der Waals surface area contributed by atoms with E-state index in [1.54, 1.807) is 7.11 Å². The van der Waals surface area contributed by atoms with Crippen molar-refractivity contribution in [2.24, 2.45) is 0 Å². The van der Waals surface area contributed by atoms with Crippen molar-refractivity contribution in [1.29, 1.82) is 0 Å². The van der Waals surface area contributed by atoms with Gasteiger partial charge in [-0.2, -0.15) is 0 Å². The maximum absolute atomic E-state index is 12.8. The van der Waals surface area contributed by atoms with Crippen molar-refractivity contribution in [3.8, 4) is 0 Å². The fraction of sp³-hybridized carbons (Fsp3) is 0.560. The van der Waals surface area contributed by atoms with Gasteiger partial charge in [0.05, 0.1) is 19.1 Å². The third-order valence-electron chi connectivity index (χ3n) is 6.52. The molecular weight excluding hydrogens is 388 g/mol. The summed E-state index contributed by atoms with van der Waals surface area (Å²) in [5.74, 6) is 2.04. The standard InChI is InChI=1S/C25H34N4O2/c1-19-21-11-8-15-28(17-13-20-9-4-3-5-10-20)25(21)27-24(26-19)22-12-6-7-16-29(22)23(30)14-18-31-2/h3-5,9-10,22H,6-8,11-18H2,1-2H3/t22-/m0/s1. The van der Waals surface area contributed by atoms with Crippen molar-refractivity contribution in [3.05, 3.63) is 53.0 Å². The number of methoxy groups -OCH3 is 1. The molecule has 6 nitrogen and oxygen atoms in total. The molecule has 166 valence electrons. The first kappa shape index (κ1) is 21.8. The molecule has 1 amide bonds. The second-order valence-electron chi connectivity index (χ2n) is 8.64. The number of hydrogen-bond donors (Lipinski definition) is 0. The average Bonchev–Trinajstić information content (AvgIpc) is 2.82. The van der Waals surface area contributed by atoms with Crippen LogP contribution in [0.4, 0.5) is 5.82 Å². The van der Waals surface area contributed by atoms with E-state index in [1.807, 2.05) is 4.90 Å². The Bertz CT molecular complexity index is 887. The molecule has 6 heteroatoms. The number of anilines is 1. The lowest BCUT2D eigenvalue weighted by atomic mass is 9.99. The van der Waals surface area contributed by atoms with Gasteiger partial charge < -0.3 is 14.5 Å². The maximum atomic E-state index is 12.8. The van der Waals surface area contributed by atoms with E-state index in [0.717, 1.165) is 75.5 Å². The Morgan fingerprint density at radius 2 is 1.97 bits per heavy atom. The number of aromatic nitrogens is 2. The van der Waals surface area contributed by atoms with Gasteiger partial charge in [0.1, 0.15) is 5.82 Å². The number of benzene rings is 1. The van der Waals surface area contributed by atoms with Crippen LogP contribution in [0.1, 0.15) is 60.8 Å². The summed E-state index contributed by atoms with van der Waals surface area (Å²) in [6.45, 7) is 5.32. The SMILES string of the molecule is COCCC(=O)N1CCCC[C@H]1c1nc(C)c2c(n1)N(CCc1ccccc1)CCC2. The van der Waals surface area contributed by atoms with E-state index >= 15 is 0 Å². The number of likely N-dealkylation sites (tertiary alicyclic amines) is 1. The third kappa shape index (κ3) is 5.06. The summed E-state index contributed by atoms with van der Waals surface area (Å²) < 4.78 is 5.13. The fourth-order valence-electron chi connectivity index (χ4n) is 4.82. The smallest absolute Gasteiger partial charge is 0.225 e. The van der Waals surface area contributed by atoms with E-state index < -0.39 is 0 Å². The molecule has 0 N–H and O–H groups in total. The molecule has 1 fully saturated rings. The van der Waals surface area contributed by atoms with Crippen LogP contribution in [0, 0.1) is 6.92 Å². The van der Waals surface area contributed by atoms with Crippen LogP contribution in [0.25, 0.3) is 0 Å². The number of fused-ring (bicyclic) bond motifs is 1. The van der Waals surface area contributed by atoms with Crippen LogP contribution < -0.4 is 4.90 Å². The highest BCUT2D eigenvalue weighted by Gasteiger charge is 2.32. The molecule has 0 radical (unpaired) electrons. The second kappa shape index (κ2) is 10.2. The van der Waals surface area contributed by atoms with E-state index in [0.29, 0.717) is 13.0 Å². The van der Waals surface area contributed by atoms with Crippen LogP contribution in [0.2, 0.25) is 0 Å². The predicted molar refractivity (Wildman–Crippen MR) is 122 cm³/mol. The van der Waals surface area contributed by atoms with Gasteiger partial charge in [-0.05, 0) is 51.0 Å². The van der Waals surface area contributed by atoms with Crippen LogP contribution in [0.5, 0.6) is 0 Å². The van der Waals surface area contributed by atoms with Crippen molar-refractivity contribution in [2.45, 2.75) is 57.9 Å². The fourth-order valence-corrected chi connectivity index (χ4v) is 4.82. The topological polar surface area (TPSA) is 58.6 Å². The highest BCUT2D eigenvalue weighted by atomic mass is 16.5. The van der Waals surface area contributed by atoms with E-state index in [4.69, 9.17) is 14.7 Å². The second-order valence-corrected chi connectivity index (χ2v) is 8.64. The van der Waals surface area contributed by atoms with Crippen molar-refractivity contribution in [2.75, 3.05) is 38.3 Å². The van der Waals surface area contributed by atoms with Crippen molar-refractivity contribution < 1.29 is 9.53 Å². The number of hydrogen-bond acceptors (Lipinski definition) is 5. The lowest BCUT2D eigenvalue weighted by molar-refractivity contribution is -0.136. The minimum atomic E-state index is -0.0278. The lowest BCUT2D eigenvalue weighted by Gasteiger charge is -2.37. The van der Waals surface area contributed by atoms with E-state index in [1.165, 1.54) is 11.1 Å². The minimum Gasteiger partial charge on any atom is -0.384 e. The molecule has 0 spiro atoms. The molecule has 0 bridgehead atoms. The number of carbonyl (C=O) groups is 1. The molecule has 3 heterocycles. The Hall–Kier alpha value is -2.47. The number of aryl methyl sites for hydroxylation is 1. The van der Waals surface area contributed by atoms with Gasteiger partial charge in [-0.1, -0.05) is 30.3 Å². The molecule has 2 aliphatic heterocycles. The minimum absolute atomic E-state index is 0.0278. The molecule has 4 rings (SSSR count). The van der Waals surface area contributed by atoms with Crippen LogP contribution in [-0.2, 0) is 22.4 Å². The van der Waals surface area contributed by atoms with Crippen molar-refractivity contribution >= 4 is 11.7 Å². The summed E-state index contributed by atoms with van der Waals surface area (Å²) in [6.07, 6.45) is 6.67. The van der Waals surface area contributed by atoms with Gasteiger partial charge in [0.2, 0.25) is 5.91 Å². The van der Waals surface area contributed by atoms with Crippen LogP contribution in [0.15, 0.2) is 30.3 Å². The van der Waals surface area contributed by atoms with Gasteiger partial charge in [-0.3, -0.25) is 4.79 Å². The summed E-state index contributed by atoms with van der Waals surface area (Å²) in [6, 6.07) is 10.6. The Morgan fingerprint density at radius 3 is 2.77 bits per heavy atom. The molecule has 1 aromatic heterocycles. The first-order valence-corrected chi connectivity index (χ1v) is 11.6. The average molecular weight is 423 g/mol. The molecule has 2 aliphatic rings. The molecule has 0 unspecified atom stereocenters. The van der Waals surface area contributed by atoms with Gasteiger partial charge in [0, 0.05) is 38.0 Å². The first-order chi connectivity index (χ1) is 15.2. The summed E-state index contributed by atoms with van der Waals surface area (Å²) in [5, 5.41) is 0. The summed E-state index contributed by atoms with van der Waals surface area (Å²) in [4.78, 5) is 27.2. The van der Waals surface area contributed by atoms with Crippen LogP contribution in [0.3, 0.4) is 0 Å². The molecule has 0 aliphatic carbocycles. The Morgan fingerprint density at radius 1 is 1.13 bits per heavy atom. The van der Waals surface area contributed by atoms with Crippen LogP contribution >= 0.6 is 0 Å². The van der Waals surface area contributed by atoms with E-state index in [-0.39, 0.29) is 11.9 Å². The van der Waals surface area contributed by atoms with Gasteiger partial charge in [0.15, 0.2) is 5.82 Å². The Balaban J connectivity index is 1.58. The van der Waals surface area contributed by atoms with Crippen molar-refractivity contribution in [1.82, 2.24) is 14.9 Å². The molecular formula is C25H34N4O2. The van der Waals surface area contributed by atoms with Gasteiger partial charge in [-0.25, -0.2) is 9.97 Å². The maximum Gasteiger partial charge on any atom is 0.225 e. The van der Waals surface area contributed by atoms with Gasteiger partial charge in [-0.15, -0.1) is 0 Å². The number of amides is 1. The van der Waals surface area contributed by atoms with E-state index in [9.17, 15) is 4.79 Å². The van der Waals surface area contributed by atoms with Crippen LogP contribution in [-0.4, -0.2) is 54.1 Å². The highest BCUT2D eigenvalue weighted by molar-refractivity contribution is 5.76.